The lowest BCUT2D eigenvalue weighted by Crippen LogP contribution is -2.53. The van der Waals surface area contributed by atoms with E-state index in [4.69, 9.17) is 16.3 Å². The number of ether oxygens (including phenoxy) is 1. The number of nitrogens with one attached hydrogen (secondary N) is 2. The van der Waals surface area contributed by atoms with E-state index >= 15 is 0 Å². The largest absolute Gasteiger partial charge is 0.494 e. The number of piperidine rings is 1. The van der Waals surface area contributed by atoms with Gasteiger partial charge in [-0.3, -0.25) is 4.90 Å². The Bertz CT molecular complexity index is 1370. The Labute approximate surface area is 242 Å². The summed E-state index contributed by atoms with van der Waals surface area (Å²) in [6, 6.07) is 14.4. The first-order valence-electron chi connectivity index (χ1n) is 13.8. The third-order valence-electron chi connectivity index (χ3n) is 7.80. The van der Waals surface area contributed by atoms with Crippen molar-refractivity contribution in [2.75, 3.05) is 82.3 Å². The molecule has 0 amide bonds. The number of para-hydroxylation sites is 1. The van der Waals surface area contributed by atoms with E-state index in [1.807, 2.05) is 30.3 Å². The molecule has 0 radical (unpaired) electrons. The monoisotopic (exact) mass is 583 g/mol. The summed E-state index contributed by atoms with van der Waals surface area (Å²) in [4.78, 5) is 16.5. The fraction of sp³-hybridized carbons (Fsp3) is 0.448. The minimum absolute atomic E-state index is 0.365. The van der Waals surface area contributed by atoms with Crippen molar-refractivity contribution in [2.24, 2.45) is 0 Å². The molecular formula is C29H39ClN7O2P. The Balaban J connectivity index is 1.27. The van der Waals surface area contributed by atoms with E-state index in [-0.39, 0.29) is 0 Å². The Morgan fingerprint density at radius 2 is 1.70 bits per heavy atom. The van der Waals surface area contributed by atoms with Crippen LogP contribution in [0.25, 0.3) is 0 Å². The maximum Gasteiger partial charge on any atom is 0.229 e. The lowest BCUT2D eigenvalue weighted by Gasteiger charge is -2.43. The number of piperazine rings is 1. The number of rotatable bonds is 8. The highest BCUT2D eigenvalue weighted by Crippen LogP contribution is 2.39. The molecular weight excluding hydrogens is 545 g/mol. The van der Waals surface area contributed by atoms with Crippen molar-refractivity contribution in [1.29, 1.82) is 0 Å². The minimum Gasteiger partial charge on any atom is -0.494 e. The van der Waals surface area contributed by atoms with Crippen LogP contribution in [-0.2, 0) is 4.57 Å². The average molecular weight is 584 g/mol. The van der Waals surface area contributed by atoms with Crippen molar-refractivity contribution in [3.05, 3.63) is 53.7 Å². The van der Waals surface area contributed by atoms with E-state index in [9.17, 15) is 4.57 Å². The first kappa shape index (κ1) is 28.7. The van der Waals surface area contributed by atoms with Crippen LogP contribution < -0.4 is 25.6 Å². The number of methoxy groups -OCH3 is 1. The van der Waals surface area contributed by atoms with Gasteiger partial charge in [-0.05, 0) is 70.6 Å². The van der Waals surface area contributed by atoms with Gasteiger partial charge in [-0.2, -0.15) is 4.98 Å². The third-order valence-corrected chi connectivity index (χ3v) is 9.62. The third kappa shape index (κ3) is 6.72. The average Bonchev–Trinajstić information content (AvgIpc) is 2.95. The molecule has 3 aromatic rings. The van der Waals surface area contributed by atoms with Crippen molar-refractivity contribution in [3.63, 3.8) is 0 Å². The molecule has 3 heterocycles. The Morgan fingerprint density at radius 3 is 2.40 bits per heavy atom. The van der Waals surface area contributed by atoms with Crippen LogP contribution in [0.4, 0.5) is 28.8 Å². The lowest BCUT2D eigenvalue weighted by molar-refractivity contribution is 0.115. The van der Waals surface area contributed by atoms with Gasteiger partial charge in [0.25, 0.3) is 0 Å². The van der Waals surface area contributed by atoms with Crippen molar-refractivity contribution in [1.82, 2.24) is 19.8 Å². The van der Waals surface area contributed by atoms with Crippen LogP contribution >= 0.6 is 18.7 Å². The summed E-state index contributed by atoms with van der Waals surface area (Å²) in [5.41, 5.74) is 2.61. The Kier molecular flexibility index (Phi) is 8.86. The highest BCUT2D eigenvalue weighted by molar-refractivity contribution is 7.70. The first-order valence-corrected chi connectivity index (χ1v) is 16.8. The molecule has 11 heteroatoms. The van der Waals surface area contributed by atoms with Gasteiger partial charge < -0.3 is 29.7 Å². The second-order valence-corrected chi connectivity index (χ2v) is 14.5. The van der Waals surface area contributed by atoms with Crippen LogP contribution in [0.1, 0.15) is 12.8 Å². The molecule has 2 aromatic carbocycles. The smallest absolute Gasteiger partial charge is 0.229 e. The van der Waals surface area contributed by atoms with Gasteiger partial charge in [-0.15, -0.1) is 0 Å². The van der Waals surface area contributed by atoms with Crippen molar-refractivity contribution < 1.29 is 9.30 Å². The summed E-state index contributed by atoms with van der Waals surface area (Å²) in [5, 5.41) is 7.62. The van der Waals surface area contributed by atoms with Gasteiger partial charge in [0.1, 0.15) is 17.9 Å². The van der Waals surface area contributed by atoms with E-state index in [0.717, 1.165) is 42.9 Å². The fourth-order valence-electron chi connectivity index (χ4n) is 5.50. The van der Waals surface area contributed by atoms with E-state index < -0.39 is 7.14 Å². The highest BCUT2D eigenvalue weighted by atomic mass is 35.5. The summed E-state index contributed by atoms with van der Waals surface area (Å²) in [7, 11) is 1.38. The van der Waals surface area contributed by atoms with E-state index in [2.05, 4.69) is 54.5 Å². The van der Waals surface area contributed by atoms with Gasteiger partial charge in [-0.1, -0.05) is 23.7 Å². The number of hydrogen-bond donors (Lipinski definition) is 2. The highest BCUT2D eigenvalue weighted by Gasteiger charge is 2.27. The molecule has 5 rings (SSSR count). The molecule has 2 fully saturated rings. The standard InChI is InChI=1S/C29H39ClN7O2P/c1-35-13-11-21(12-14-35)36-15-17-37(18-16-36)22-9-10-24(26(19-22)39-2)33-29-31-20-23(30)28(34-29)32-25-7-5-6-8-27(25)40(3,4)38/h5-10,19-21H,11-18H2,1-4H3,(H2,31,32,33,34). The van der Waals surface area contributed by atoms with E-state index in [1.54, 1.807) is 26.6 Å². The minimum atomic E-state index is -2.50. The number of hydrogen-bond acceptors (Lipinski definition) is 9. The van der Waals surface area contributed by atoms with Crippen LogP contribution in [0, 0.1) is 0 Å². The maximum atomic E-state index is 12.8. The molecule has 214 valence electrons. The number of aromatic nitrogens is 2. The zero-order chi connectivity index (χ0) is 28.3. The van der Waals surface area contributed by atoms with E-state index in [0.29, 0.717) is 34.3 Å². The van der Waals surface area contributed by atoms with Crippen molar-refractivity contribution in [2.45, 2.75) is 18.9 Å². The molecule has 40 heavy (non-hydrogen) atoms. The summed E-state index contributed by atoms with van der Waals surface area (Å²) < 4.78 is 18.5. The molecule has 2 N–H and O–H groups in total. The molecule has 9 nitrogen and oxygen atoms in total. The molecule has 2 saturated heterocycles. The van der Waals surface area contributed by atoms with Gasteiger partial charge in [0.2, 0.25) is 5.95 Å². The quantitative estimate of drug-likeness (QED) is 0.352. The van der Waals surface area contributed by atoms with E-state index in [1.165, 1.54) is 25.9 Å². The van der Waals surface area contributed by atoms with Crippen LogP contribution in [0.5, 0.6) is 5.75 Å². The first-order chi connectivity index (χ1) is 19.2. The van der Waals surface area contributed by atoms with Crippen LogP contribution in [-0.4, -0.2) is 92.6 Å². The number of nitrogens with zero attached hydrogens (tertiary/aromatic N) is 5. The predicted octanol–water partition coefficient (Wildman–Crippen LogP) is 5.09. The Hall–Kier alpha value is -2.84. The summed E-state index contributed by atoms with van der Waals surface area (Å²) in [6.45, 7) is 10.0. The van der Waals surface area contributed by atoms with Gasteiger partial charge in [-0.25, -0.2) is 4.98 Å². The summed E-state index contributed by atoms with van der Waals surface area (Å²) in [6.07, 6.45) is 4.07. The molecule has 0 spiro atoms. The molecule has 0 atom stereocenters. The van der Waals surface area contributed by atoms with Gasteiger partial charge in [0.15, 0.2) is 5.82 Å². The number of anilines is 5. The number of benzene rings is 2. The number of halogens is 1. The zero-order valence-electron chi connectivity index (χ0n) is 23.7. The summed E-state index contributed by atoms with van der Waals surface area (Å²) in [5.74, 6) is 1.52. The predicted molar refractivity (Wildman–Crippen MR) is 166 cm³/mol. The second kappa shape index (κ2) is 12.4. The maximum absolute atomic E-state index is 12.8. The van der Waals surface area contributed by atoms with Gasteiger partial charge in [0.05, 0.1) is 24.7 Å². The molecule has 0 bridgehead atoms. The normalized spacial score (nSPS) is 17.6. The topological polar surface area (TPSA) is 85.9 Å². The molecule has 1 aromatic heterocycles. The molecule has 0 aliphatic carbocycles. The van der Waals surface area contributed by atoms with Gasteiger partial charge >= 0.3 is 0 Å². The zero-order valence-corrected chi connectivity index (χ0v) is 25.4. The molecule has 2 aliphatic heterocycles. The Morgan fingerprint density at radius 1 is 0.975 bits per heavy atom. The van der Waals surface area contributed by atoms with Crippen LogP contribution in [0.15, 0.2) is 48.7 Å². The molecule has 2 aliphatic rings. The molecule has 0 unspecified atom stereocenters. The van der Waals surface area contributed by atoms with Crippen molar-refractivity contribution >= 4 is 52.9 Å². The molecule has 0 saturated carbocycles. The SMILES string of the molecule is COc1cc(N2CCN(C3CCN(C)CC3)CC2)ccc1Nc1ncc(Cl)c(Nc2ccccc2P(C)(C)=O)n1. The lowest BCUT2D eigenvalue weighted by atomic mass is 10.0. The second-order valence-electron chi connectivity index (χ2n) is 11.0. The summed E-state index contributed by atoms with van der Waals surface area (Å²) >= 11 is 6.43. The van der Waals surface area contributed by atoms with Crippen LogP contribution in [0.3, 0.4) is 0 Å². The number of likely N-dealkylation sites (tertiary alicyclic amines) is 1. The fourth-order valence-corrected chi connectivity index (χ4v) is 6.79. The van der Waals surface area contributed by atoms with Crippen LogP contribution in [0.2, 0.25) is 5.02 Å². The van der Waals surface area contributed by atoms with Crippen molar-refractivity contribution in [3.8, 4) is 5.75 Å². The van der Waals surface area contributed by atoms with Gasteiger partial charge in [0, 0.05) is 49.3 Å².